The van der Waals surface area contributed by atoms with Gasteiger partial charge in [0.2, 0.25) is 5.91 Å². The lowest BCUT2D eigenvalue weighted by atomic mass is 9.90. The average Bonchev–Trinajstić information content (AvgIpc) is 3.31. The van der Waals surface area contributed by atoms with Crippen molar-refractivity contribution in [3.63, 3.8) is 0 Å². The highest BCUT2D eigenvalue weighted by molar-refractivity contribution is 6.42. The van der Waals surface area contributed by atoms with Crippen LogP contribution in [0.25, 0.3) is 0 Å². The van der Waals surface area contributed by atoms with Crippen LogP contribution >= 0.6 is 23.2 Å². The van der Waals surface area contributed by atoms with E-state index in [9.17, 15) is 19.7 Å². The summed E-state index contributed by atoms with van der Waals surface area (Å²) in [6, 6.07) is 18.9. The third-order valence-corrected chi connectivity index (χ3v) is 6.34. The fourth-order valence-corrected chi connectivity index (χ4v) is 4.83. The molecule has 2 heterocycles. The summed E-state index contributed by atoms with van der Waals surface area (Å²) in [7, 11) is 0. The van der Waals surface area contributed by atoms with Crippen molar-refractivity contribution in [1.82, 2.24) is 0 Å². The molecule has 0 aliphatic carbocycles. The van der Waals surface area contributed by atoms with Crippen LogP contribution in [-0.2, 0) is 14.4 Å². The number of carbonyl (C=O) groups is 2. The third-order valence-electron chi connectivity index (χ3n) is 5.73. The number of hydrogen-bond acceptors (Lipinski definition) is 6. The number of non-ortho nitro benzene ring substituents is 1. The van der Waals surface area contributed by atoms with Gasteiger partial charge in [-0.05, 0) is 29.8 Å². The summed E-state index contributed by atoms with van der Waals surface area (Å²) in [5.74, 6) is -2.00. The smallest absolute Gasteiger partial charge is 0.269 e. The molecule has 33 heavy (non-hydrogen) atoms. The molecule has 5 rings (SSSR count). The molecule has 2 amide bonds. The Labute approximate surface area is 198 Å². The Morgan fingerprint density at radius 1 is 0.848 bits per heavy atom. The first-order valence-electron chi connectivity index (χ1n) is 9.95. The molecule has 2 fully saturated rings. The molecule has 3 aromatic rings. The van der Waals surface area contributed by atoms with E-state index >= 15 is 0 Å². The zero-order valence-electron chi connectivity index (χ0n) is 16.8. The molecule has 2 aliphatic heterocycles. The summed E-state index contributed by atoms with van der Waals surface area (Å²) < 4.78 is 0. The molecule has 2 saturated heterocycles. The summed E-state index contributed by atoms with van der Waals surface area (Å²) in [6.07, 6.45) is -1.11. The van der Waals surface area contributed by atoms with Crippen LogP contribution in [0.1, 0.15) is 11.6 Å². The summed E-state index contributed by atoms with van der Waals surface area (Å²) in [5, 5.41) is 12.9. The van der Waals surface area contributed by atoms with Gasteiger partial charge in [0.15, 0.2) is 6.10 Å². The maximum absolute atomic E-state index is 13.6. The molecule has 0 bridgehead atoms. The standard InChI is InChI=1S/C23H15Cl2N3O5/c24-16-7-4-8-17(25)20(16)26-22(29)18-19(13-9-11-15(12-10-13)28(31)32)27(33-21(18)23(26)30)14-5-2-1-3-6-14/h1-12,18-19,21H/t18-,19+,21-/m0/s1. The Morgan fingerprint density at radius 3 is 2.09 bits per heavy atom. The second-order valence-electron chi connectivity index (χ2n) is 7.59. The fourth-order valence-electron chi connectivity index (χ4n) is 4.27. The molecular formula is C23H15Cl2N3O5. The largest absolute Gasteiger partial charge is 0.273 e. The van der Waals surface area contributed by atoms with Gasteiger partial charge in [-0.1, -0.05) is 59.6 Å². The van der Waals surface area contributed by atoms with Crippen LogP contribution in [0, 0.1) is 16.0 Å². The molecule has 0 radical (unpaired) electrons. The van der Waals surface area contributed by atoms with E-state index in [1.807, 2.05) is 6.07 Å². The lowest BCUT2D eigenvalue weighted by Gasteiger charge is -2.29. The second kappa shape index (κ2) is 8.15. The number of nitro benzene ring substituents is 1. The van der Waals surface area contributed by atoms with Gasteiger partial charge in [-0.2, -0.15) is 0 Å². The lowest BCUT2D eigenvalue weighted by molar-refractivity contribution is -0.384. The van der Waals surface area contributed by atoms with Crippen LogP contribution in [0.3, 0.4) is 0 Å². The number of anilines is 2. The van der Waals surface area contributed by atoms with Crippen molar-refractivity contribution in [3.05, 3.63) is 98.5 Å². The number of hydroxylamine groups is 1. The van der Waals surface area contributed by atoms with Crippen LogP contribution in [0.2, 0.25) is 10.0 Å². The molecule has 166 valence electrons. The van der Waals surface area contributed by atoms with E-state index in [4.69, 9.17) is 28.0 Å². The molecule has 0 N–H and O–H groups in total. The van der Waals surface area contributed by atoms with Gasteiger partial charge in [0, 0.05) is 12.1 Å². The minimum atomic E-state index is -1.11. The Balaban J connectivity index is 1.60. The van der Waals surface area contributed by atoms with E-state index in [1.165, 1.54) is 17.2 Å². The van der Waals surface area contributed by atoms with E-state index in [2.05, 4.69) is 0 Å². The third kappa shape index (κ3) is 3.43. The molecule has 2 aliphatic rings. The molecule has 8 nitrogen and oxygen atoms in total. The monoisotopic (exact) mass is 483 g/mol. The van der Waals surface area contributed by atoms with Gasteiger partial charge in [0.05, 0.1) is 32.4 Å². The SMILES string of the molecule is O=C1[C@@H]2[C@H](ON(c3ccccc3)[C@@H]2c2ccc([N+](=O)[O-])cc2)C(=O)N1c1c(Cl)cccc1Cl. The zero-order chi connectivity index (χ0) is 23.3. The average molecular weight is 484 g/mol. The summed E-state index contributed by atoms with van der Waals surface area (Å²) in [5.41, 5.74) is 1.25. The quantitative estimate of drug-likeness (QED) is 0.296. The number of fused-ring (bicyclic) bond motifs is 1. The van der Waals surface area contributed by atoms with Crippen LogP contribution in [-0.4, -0.2) is 22.8 Å². The maximum atomic E-state index is 13.6. The Hall–Kier alpha value is -3.46. The first-order chi connectivity index (χ1) is 15.9. The Kier molecular flexibility index (Phi) is 5.28. The molecule has 0 spiro atoms. The predicted octanol–water partition coefficient (Wildman–Crippen LogP) is 4.95. The van der Waals surface area contributed by atoms with E-state index in [1.54, 1.807) is 54.6 Å². The van der Waals surface area contributed by atoms with Gasteiger partial charge in [0.1, 0.15) is 5.92 Å². The van der Waals surface area contributed by atoms with Crippen molar-refractivity contribution < 1.29 is 19.3 Å². The number of nitro groups is 1. The molecular weight excluding hydrogens is 469 g/mol. The number of carbonyl (C=O) groups excluding carboxylic acids is 2. The van der Waals surface area contributed by atoms with Crippen molar-refractivity contribution >= 4 is 52.1 Å². The van der Waals surface area contributed by atoms with Crippen LogP contribution in [0.5, 0.6) is 0 Å². The van der Waals surface area contributed by atoms with E-state index < -0.39 is 34.8 Å². The van der Waals surface area contributed by atoms with Gasteiger partial charge in [-0.15, -0.1) is 0 Å². The van der Waals surface area contributed by atoms with Gasteiger partial charge in [-0.25, -0.2) is 9.96 Å². The second-order valence-corrected chi connectivity index (χ2v) is 8.40. The number of para-hydroxylation sites is 2. The first kappa shape index (κ1) is 21.4. The highest BCUT2D eigenvalue weighted by atomic mass is 35.5. The number of benzene rings is 3. The van der Waals surface area contributed by atoms with Crippen molar-refractivity contribution in [2.45, 2.75) is 12.1 Å². The minimum Gasteiger partial charge on any atom is -0.273 e. The Morgan fingerprint density at radius 2 is 1.48 bits per heavy atom. The maximum Gasteiger partial charge on any atom is 0.269 e. The number of nitrogens with zero attached hydrogens (tertiary/aromatic N) is 3. The number of hydrogen-bond donors (Lipinski definition) is 0. The van der Waals surface area contributed by atoms with Crippen molar-refractivity contribution in [2.75, 3.05) is 9.96 Å². The van der Waals surface area contributed by atoms with Crippen molar-refractivity contribution in [2.24, 2.45) is 5.92 Å². The van der Waals surface area contributed by atoms with Crippen LogP contribution in [0.4, 0.5) is 17.1 Å². The summed E-state index contributed by atoms with van der Waals surface area (Å²) in [6.45, 7) is 0. The van der Waals surface area contributed by atoms with E-state index in [0.29, 0.717) is 11.3 Å². The van der Waals surface area contributed by atoms with Crippen molar-refractivity contribution in [1.29, 1.82) is 0 Å². The van der Waals surface area contributed by atoms with E-state index in [0.717, 1.165) is 4.90 Å². The minimum absolute atomic E-state index is 0.0845. The van der Waals surface area contributed by atoms with Crippen LogP contribution in [0.15, 0.2) is 72.8 Å². The summed E-state index contributed by atoms with van der Waals surface area (Å²) in [4.78, 5) is 44.6. The lowest BCUT2D eigenvalue weighted by Crippen LogP contribution is -2.37. The summed E-state index contributed by atoms with van der Waals surface area (Å²) >= 11 is 12.6. The van der Waals surface area contributed by atoms with Gasteiger partial charge < -0.3 is 0 Å². The Bertz CT molecular complexity index is 1250. The normalized spacial score (nSPS) is 22.1. The number of imide groups is 1. The van der Waals surface area contributed by atoms with E-state index in [-0.39, 0.29) is 21.4 Å². The molecule has 0 aromatic heterocycles. The number of halogens is 2. The number of amides is 2. The predicted molar refractivity (Wildman–Crippen MR) is 122 cm³/mol. The molecule has 0 saturated carbocycles. The highest BCUT2D eigenvalue weighted by Gasteiger charge is 2.60. The molecule has 10 heteroatoms. The highest BCUT2D eigenvalue weighted by Crippen LogP contribution is 2.49. The first-order valence-corrected chi connectivity index (χ1v) is 10.7. The van der Waals surface area contributed by atoms with Crippen LogP contribution < -0.4 is 9.96 Å². The molecule has 0 unspecified atom stereocenters. The molecule has 3 atom stereocenters. The van der Waals surface area contributed by atoms with Gasteiger partial charge in [-0.3, -0.25) is 24.5 Å². The van der Waals surface area contributed by atoms with Gasteiger partial charge in [0.25, 0.3) is 11.6 Å². The topological polar surface area (TPSA) is 93.0 Å². The van der Waals surface area contributed by atoms with Crippen molar-refractivity contribution in [3.8, 4) is 0 Å². The fraction of sp³-hybridized carbons (Fsp3) is 0.130. The number of rotatable bonds is 4. The molecule has 3 aromatic carbocycles. The van der Waals surface area contributed by atoms with Gasteiger partial charge >= 0.3 is 0 Å². The zero-order valence-corrected chi connectivity index (χ0v) is 18.3.